The van der Waals surface area contributed by atoms with Crippen LogP contribution in [0.3, 0.4) is 0 Å². The maximum atomic E-state index is 12.1. The minimum Gasteiger partial charge on any atom is -0.463 e. The molecule has 0 amide bonds. The number of nitrogens with two attached hydrogens (primary N) is 1. The fraction of sp³-hybridized carbons (Fsp3) is 0.143. The van der Waals surface area contributed by atoms with Gasteiger partial charge >= 0.3 is 0 Å². The molecule has 0 spiro atoms. The van der Waals surface area contributed by atoms with Crippen molar-refractivity contribution >= 4 is 5.82 Å². The summed E-state index contributed by atoms with van der Waals surface area (Å²) in [6.07, 6.45) is 1.55. The van der Waals surface area contributed by atoms with Gasteiger partial charge in [0.05, 0.1) is 12.3 Å². The van der Waals surface area contributed by atoms with E-state index in [0.29, 0.717) is 28.5 Å². The van der Waals surface area contributed by atoms with Gasteiger partial charge in [0.25, 0.3) is 5.56 Å². The van der Waals surface area contributed by atoms with Crippen molar-refractivity contribution in [3.8, 4) is 34.1 Å². The fourth-order valence-corrected chi connectivity index (χ4v) is 2.94. The predicted molar refractivity (Wildman–Crippen MR) is 107 cm³/mol. The van der Waals surface area contributed by atoms with Gasteiger partial charge in [-0.2, -0.15) is 5.10 Å². The standard InChI is InChI=1S/C21H19N5O2/c1-13(2)26-17(27)11-10-15(25-26)19-18(14-7-4-3-5-8-14)24-21(22)20(23-19)16-9-6-12-28-16/h3-13H,1-2H3,(H2,22,24). The highest BCUT2D eigenvalue weighted by Gasteiger charge is 2.19. The van der Waals surface area contributed by atoms with Crippen LogP contribution in [0.2, 0.25) is 0 Å². The van der Waals surface area contributed by atoms with Gasteiger partial charge in [-0.3, -0.25) is 4.79 Å². The summed E-state index contributed by atoms with van der Waals surface area (Å²) in [5.74, 6) is 0.776. The molecule has 4 rings (SSSR count). The van der Waals surface area contributed by atoms with E-state index in [1.165, 1.54) is 10.7 Å². The monoisotopic (exact) mass is 373 g/mol. The van der Waals surface area contributed by atoms with Gasteiger partial charge in [-0.15, -0.1) is 0 Å². The van der Waals surface area contributed by atoms with Gasteiger partial charge in [0.2, 0.25) is 0 Å². The summed E-state index contributed by atoms with van der Waals surface area (Å²) in [7, 11) is 0. The summed E-state index contributed by atoms with van der Waals surface area (Å²) in [5, 5.41) is 4.51. The zero-order chi connectivity index (χ0) is 19.7. The molecule has 7 nitrogen and oxygen atoms in total. The van der Waals surface area contributed by atoms with E-state index in [2.05, 4.69) is 10.1 Å². The van der Waals surface area contributed by atoms with Gasteiger partial charge in [-0.1, -0.05) is 30.3 Å². The minimum atomic E-state index is -0.172. The Morgan fingerprint density at radius 3 is 2.39 bits per heavy atom. The van der Waals surface area contributed by atoms with Gasteiger partial charge in [-0.25, -0.2) is 14.6 Å². The Labute approximate surface area is 161 Å². The Kier molecular flexibility index (Phi) is 4.49. The number of nitrogens with zero attached hydrogens (tertiary/aromatic N) is 4. The first-order valence-electron chi connectivity index (χ1n) is 8.91. The van der Waals surface area contributed by atoms with Crippen LogP contribution in [-0.2, 0) is 0 Å². The van der Waals surface area contributed by atoms with Gasteiger partial charge in [0.15, 0.2) is 11.6 Å². The van der Waals surface area contributed by atoms with Crippen LogP contribution in [0.5, 0.6) is 0 Å². The van der Waals surface area contributed by atoms with Gasteiger partial charge in [0.1, 0.15) is 22.8 Å². The minimum absolute atomic E-state index is 0.0843. The molecule has 28 heavy (non-hydrogen) atoms. The highest BCUT2D eigenvalue weighted by atomic mass is 16.3. The highest BCUT2D eigenvalue weighted by Crippen LogP contribution is 2.33. The zero-order valence-electron chi connectivity index (χ0n) is 15.5. The molecule has 0 aliphatic rings. The van der Waals surface area contributed by atoms with Crippen LogP contribution in [0.4, 0.5) is 5.82 Å². The second-order valence-electron chi connectivity index (χ2n) is 6.59. The number of nitrogen functional groups attached to an aromatic ring is 1. The lowest BCUT2D eigenvalue weighted by atomic mass is 10.1. The fourth-order valence-electron chi connectivity index (χ4n) is 2.94. The topological polar surface area (TPSA) is 99.8 Å². The summed E-state index contributed by atoms with van der Waals surface area (Å²) in [6, 6.07) is 16.2. The highest BCUT2D eigenvalue weighted by molar-refractivity contribution is 5.80. The molecule has 3 aromatic heterocycles. The van der Waals surface area contributed by atoms with Crippen LogP contribution in [0.25, 0.3) is 34.1 Å². The molecule has 0 aliphatic carbocycles. The number of hydrogen-bond acceptors (Lipinski definition) is 6. The van der Waals surface area contributed by atoms with Crippen molar-refractivity contribution in [3.63, 3.8) is 0 Å². The quantitative estimate of drug-likeness (QED) is 0.584. The van der Waals surface area contributed by atoms with Crippen LogP contribution in [0.15, 0.2) is 70.1 Å². The largest absolute Gasteiger partial charge is 0.463 e. The Balaban J connectivity index is 2.00. The van der Waals surface area contributed by atoms with E-state index in [4.69, 9.17) is 15.1 Å². The molecule has 140 valence electrons. The number of benzene rings is 1. The van der Waals surface area contributed by atoms with Crippen LogP contribution >= 0.6 is 0 Å². The van der Waals surface area contributed by atoms with Gasteiger partial charge in [-0.05, 0) is 32.0 Å². The second kappa shape index (κ2) is 7.11. The molecule has 0 atom stereocenters. The van der Waals surface area contributed by atoms with Gasteiger partial charge in [0, 0.05) is 11.6 Å². The molecule has 0 saturated heterocycles. The van der Waals surface area contributed by atoms with E-state index in [1.807, 2.05) is 44.2 Å². The summed E-state index contributed by atoms with van der Waals surface area (Å²) >= 11 is 0. The van der Waals surface area contributed by atoms with E-state index in [9.17, 15) is 4.79 Å². The molecule has 0 bridgehead atoms. The van der Waals surface area contributed by atoms with E-state index < -0.39 is 0 Å². The summed E-state index contributed by atoms with van der Waals surface area (Å²) in [4.78, 5) is 21.5. The molecule has 0 saturated carbocycles. The van der Waals surface area contributed by atoms with E-state index in [1.54, 1.807) is 24.5 Å². The smallest absolute Gasteiger partial charge is 0.267 e. The number of anilines is 1. The average molecular weight is 373 g/mol. The SMILES string of the molecule is CC(C)n1nc(-c2nc(-c3ccco3)c(N)nc2-c2ccccc2)ccc1=O. The third kappa shape index (κ3) is 3.18. The molecule has 2 N–H and O–H groups in total. The molecule has 3 heterocycles. The first-order valence-corrected chi connectivity index (χ1v) is 8.91. The van der Waals surface area contributed by atoms with Crippen molar-refractivity contribution in [2.45, 2.75) is 19.9 Å². The Bertz CT molecular complexity index is 1170. The summed E-state index contributed by atoms with van der Waals surface area (Å²) < 4.78 is 6.89. The first kappa shape index (κ1) is 17.7. The Morgan fingerprint density at radius 2 is 1.71 bits per heavy atom. The van der Waals surface area contributed by atoms with Crippen LogP contribution < -0.4 is 11.3 Å². The molecule has 7 heteroatoms. The van der Waals surface area contributed by atoms with Crippen LogP contribution in [0, 0.1) is 0 Å². The lowest BCUT2D eigenvalue weighted by Gasteiger charge is -2.14. The van der Waals surface area contributed by atoms with Crippen molar-refractivity contribution in [1.29, 1.82) is 0 Å². The van der Waals surface area contributed by atoms with Crippen LogP contribution in [0.1, 0.15) is 19.9 Å². The number of furan rings is 1. The molecule has 0 radical (unpaired) electrons. The van der Waals surface area contributed by atoms with Crippen molar-refractivity contribution < 1.29 is 4.42 Å². The predicted octanol–water partition coefficient (Wildman–Crippen LogP) is 3.79. The van der Waals surface area contributed by atoms with Gasteiger partial charge < -0.3 is 10.2 Å². The lowest BCUT2D eigenvalue weighted by molar-refractivity contribution is 0.504. The Hall–Kier alpha value is -3.74. The van der Waals surface area contributed by atoms with Crippen molar-refractivity contribution in [2.75, 3.05) is 5.73 Å². The zero-order valence-corrected chi connectivity index (χ0v) is 15.5. The second-order valence-corrected chi connectivity index (χ2v) is 6.59. The molecule has 1 aromatic carbocycles. The van der Waals surface area contributed by atoms with Crippen molar-refractivity contribution in [3.05, 3.63) is 71.2 Å². The molecule has 0 aliphatic heterocycles. The summed E-state index contributed by atoms with van der Waals surface area (Å²) in [6.45, 7) is 3.80. The third-order valence-corrected chi connectivity index (χ3v) is 4.28. The van der Waals surface area contributed by atoms with Crippen molar-refractivity contribution in [2.24, 2.45) is 0 Å². The third-order valence-electron chi connectivity index (χ3n) is 4.28. The number of rotatable bonds is 4. The van der Waals surface area contributed by atoms with Crippen LogP contribution in [-0.4, -0.2) is 19.7 Å². The van der Waals surface area contributed by atoms with E-state index in [-0.39, 0.29) is 17.4 Å². The van der Waals surface area contributed by atoms with E-state index in [0.717, 1.165) is 5.56 Å². The number of hydrogen-bond donors (Lipinski definition) is 1. The molecule has 4 aromatic rings. The molecule has 0 fully saturated rings. The molecule has 0 unspecified atom stereocenters. The normalized spacial score (nSPS) is 11.1. The summed E-state index contributed by atoms with van der Waals surface area (Å²) in [5.41, 5.74) is 8.96. The lowest BCUT2D eigenvalue weighted by Crippen LogP contribution is -2.24. The Morgan fingerprint density at radius 1 is 0.929 bits per heavy atom. The average Bonchev–Trinajstić information content (AvgIpc) is 3.23. The molecular formula is C21H19N5O2. The maximum Gasteiger partial charge on any atom is 0.267 e. The number of aromatic nitrogens is 4. The first-order chi connectivity index (χ1) is 13.5. The molecular weight excluding hydrogens is 354 g/mol. The maximum absolute atomic E-state index is 12.1. The van der Waals surface area contributed by atoms with Crippen molar-refractivity contribution in [1.82, 2.24) is 19.7 Å². The van der Waals surface area contributed by atoms with E-state index >= 15 is 0 Å².